The maximum atomic E-state index is 3.26. The van der Waals surface area contributed by atoms with E-state index in [4.69, 9.17) is 0 Å². The lowest BCUT2D eigenvalue weighted by molar-refractivity contribution is 0.718. The van der Waals surface area contributed by atoms with E-state index in [2.05, 4.69) is 18.2 Å². The van der Waals surface area contributed by atoms with E-state index in [1.807, 2.05) is 6.07 Å². The second-order valence-corrected chi connectivity index (χ2v) is 3.68. The maximum Gasteiger partial charge on any atom is 0.00900 e. The van der Waals surface area contributed by atoms with Crippen LogP contribution in [-0.4, -0.2) is 0 Å². The highest BCUT2D eigenvalue weighted by Gasteiger charge is 2.36. The molecule has 1 saturated carbocycles. The molecular formula is C11H10. The third-order valence-corrected chi connectivity index (χ3v) is 3.14. The van der Waals surface area contributed by atoms with Crippen LogP contribution in [0.2, 0.25) is 0 Å². The lowest BCUT2D eigenvalue weighted by Gasteiger charge is -2.10. The zero-order valence-electron chi connectivity index (χ0n) is 6.43. The third-order valence-electron chi connectivity index (χ3n) is 3.14. The summed E-state index contributed by atoms with van der Waals surface area (Å²) in [5.74, 6) is 1.72. The molecule has 0 unspecified atom stereocenters. The second-order valence-electron chi connectivity index (χ2n) is 3.68. The highest BCUT2D eigenvalue weighted by atomic mass is 14.4. The van der Waals surface area contributed by atoms with Crippen LogP contribution in [0.15, 0.2) is 12.1 Å². The summed E-state index contributed by atoms with van der Waals surface area (Å²) in [6.45, 7) is 0. The van der Waals surface area contributed by atoms with Crippen molar-refractivity contribution >= 4 is 0 Å². The van der Waals surface area contributed by atoms with Crippen LogP contribution < -0.4 is 0 Å². The predicted molar refractivity (Wildman–Crippen MR) is 43.4 cm³/mol. The molecule has 54 valence electrons. The summed E-state index contributed by atoms with van der Waals surface area (Å²) in [6.07, 6.45) is 4.20. The van der Waals surface area contributed by atoms with E-state index in [-0.39, 0.29) is 0 Å². The van der Waals surface area contributed by atoms with Crippen molar-refractivity contribution in [2.45, 2.75) is 31.1 Å². The van der Waals surface area contributed by atoms with Crippen LogP contribution in [0.3, 0.4) is 0 Å². The Balaban J connectivity index is 2.23. The monoisotopic (exact) mass is 142 g/mol. The molecule has 0 spiro atoms. The van der Waals surface area contributed by atoms with Crippen molar-refractivity contribution in [1.29, 1.82) is 0 Å². The number of fused-ring (bicyclic) bond motifs is 5. The Labute approximate surface area is 67.2 Å². The van der Waals surface area contributed by atoms with E-state index in [0.29, 0.717) is 0 Å². The van der Waals surface area contributed by atoms with Crippen molar-refractivity contribution in [3.05, 3.63) is 35.4 Å². The summed E-state index contributed by atoms with van der Waals surface area (Å²) >= 11 is 0. The van der Waals surface area contributed by atoms with Crippen molar-refractivity contribution in [1.82, 2.24) is 0 Å². The normalized spacial score (nSPS) is 31.6. The summed E-state index contributed by atoms with van der Waals surface area (Å²) in [6, 6.07) is 10.5. The van der Waals surface area contributed by atoms with E-state index in [1.165, 1.54) is 24.8 Å². The summed E-state index contributed by atoms with van der Waals surface area (Å²) in [4.78, 5) is 0. The standard InChI is InChI=1S/C11H10/c1-2-4-11-9-6-5-8(7-9)10(11)3-1/h1,3,8-9H,5-7H2/t8-,9+/m1/s1. The minimum absolute atomic E-state index is 0.840. The molecule has 0 N–H and O–H groups in total. The molecule has 1 aromatic carbocycles. The lowest BCUT2D eigenvalue weighted by atomic mass is 9.93. The Bertz CT molecular complexity index is 259. The average Bonchev–Trinajstić information content (AvgIpc) is 2.64. The van der Waals surface area contributed by atoms with Gasteiger partial charge < -0.3 is 0 Å². The molecule has 0 aromatic heterocycles. The van der Waals surface area contributed by atoms with Gasteiger partial charge in [-0.25, -0.2) is 0 Å². The van der Waals surface area contributed by atoms with Gasteiger partial charge in [0.25, 0.3) is 0 Å². The zero-order chi connectivity index (χ0) is 7.26. The van der Waals surface area contributed by atoms with Crippen LogP contribution in [0.25, 0.3) is 0 Å². The molecule has 0 nitrogen and oxygen atoms in total. The first kappa shape index (κ1) is 5.66. The fourth-order valence-corrected chi connectivity index (χ4v) is 2.63. The Morgan fingerprint density at radius 2 is 2.18 bits per heavy atom. The largest absolute Gasteiger partial charge is 0.0699 e. The highest BCUT2D eigenvalue weighted by molar-refractivity contribution is 5.38. The average molecular weight is 142 g/mol. The Kier molecular flexibility index (Phi) is 0.924. The number of rotatable bonds is 0. The smallest absolute Gasteiger partial charge is 0.00900 e. The van der Waals surface area contributed by atoms with Gasteiger partial charge in [0.1, 0.15) is 0 Å². The topological polar surface area (TPSA) is 0 Å². The van der Waals surface area contributed by atoms with Crippen molar-refractivity contribution < 1.29 is 0 Å². The maximum absolute atomic E-state index is 3.26. The molecule has 2 aliphatic carbocycles. The fourth-order valence-electron chi connectivity index (χ4n) is 2.63. The minimum Gasteiger partial charge on any atom is -0.0699 e. The van der Waals surface area contributed by atoms with E-state index in [1.54, 1.807) is 5.56 Å². The van der Waals surface area contributed by atoms with Gasteiger partial charge in [0.2, 0.25) is 0 Å². The molecule has 2 atom stereocenters. The Morgan fingerprint density at radius 3 is 3.09 bits per heavy atom. The Hall–Kier alpha value is -0.960. The first-order valence-electron chi connectivity index (χ1n) is 4.37. The molecule has 0 saturated heterocycles. The van der Waals surface area contributed by atoms with Crippen LogP contribution in [0, 0.1) is 12.1 Å². The van der Waals surface area contributed by atoms with E-state index in [0.717, 1.165) is 11.8 Å². The quantitative estimate of drug-likeness (QED) is 0.522. The van der Waals surface area contributed by atoms with E-state index in [9.17, 15) is 0 Å². The molecule has 0 amide bonds. The van der Waals surface area contributed by atoms with Gasteiger partial charge in [0.05, 0.1) is 0 Å². The Morgan fingerprint density at radius 1 is 1.27 bits per heavy atom. The molecule has 2 bridgehead atoms. The molecule has 2 aliphatic rings. The molecule has 0 heterocycles. The van der Waals surface area contributed by atoms with Crippen molar-refractivity contribution in [2.75, 3.05) is 0 Å². The summed E-state index contributed by atoms with van der Waals surface area (Å²) in [5, 5.41) is 0. The van der Waals surface area contributed by atoms with Gasteiger partial charge in [-0.3, -0.25) is 0 Å². The van der Waals surface area contributed by atoms with Gasteiger partial charge >= 0.3 is 0 Å². The van der Waals surface area contributed by atoms with Crippen LogP contribution in [0.4, 0.5) is 0 Å². The SMILES string of the molecule is c1ccc2c(c#1)[C@H]1CC[C@@H]2C1. The number of hydrogen-bond acceptors (Lipinski definition) is 0. The highest BCUT2D eigenvalue weighted by Crippen LogP contribution is 2.51. The van der Waals surface area contributed by atoms with Gasteiger partial charge in [-0.2, -0.15) is 0 Å². The summed E-state index contributed by atoms with van der Waals surface area (Å²) < 4.78 is 0. The molecule has 1 fully saturated rings. The second kappa shape index (κ2) is 1.80. The number of hydrogen-bond donors (Lipinski definition) is 0. The lowest BCUT2D eigenvalue weighted by Crippen LogP contribution is -1.95. The molecule has 0 radical (unpaired) electrons. The fraction of sp³-hybridized carbons (Fsp3) is 0.455. The first-order chi connectivity index (χ1) is 5.45. The van der Waals surface area contributed by atoms with Crippen molar-refractivity contribution in [3.8, 4) is 0 Å². The minimum atomic E-state index is 0.840. The third kappa shape index (κ3) is 0.613. The molecule has 0 aliphatic heterocycles. The van der Waals surface area contributed by atoms with Crippen LogP contribution in [0.1, 0.15) is 42.2 Å². The molecule has 3 rings (SSSR count). The van der Waals surface area contributed by atoms with Crippen LogP contribution >= 0.6 is 0 Å². The van der Waals surface area contributed by atoms with Crippen LogP contribution in [-0.2, 0) is 0 Å². The van der Waals surface area contributed by atoms with Crippen LogP contribution in [0.5, 0.6) is 0 Å². The van der Waals surface area contributed by atoms with Gasteiger partial charge in [-0.15, -0.1) is 0 Å². The predicted octanol–water partition coefficient (Wildman–Crippen LogP) is 2.65. The van der Waals surface area contributed by atoms with Gasteiger partial charge in [-0.05, 0) is 48.8 Å². The van der Waals surface area contributed by atoms with E-state index >= 15 is 0 Å². The van der Waals surface area contributed by atoms with Gasteiger partial charge in [0.15, 0.2) is 0 Å². The zero-order valence-corrected chi connectivity index (χ0v) is 6.43. The molecule has 11 heavy (non-hydrogen) atoms. The molecule has 1 aromatic rings. The van der Waals surface area contributed by atoms with Crippen molar-refractivity contribution in [2.24, 2.45) is 0 Å². The van der Waals surface area contributed by atoms with Gasteiger partial charge in [-0.1, -0.05) is 12.1 Å². The molecule has 0 heteroatoms. The van der Waals surface area contributed by atoms with E-state index < -0.39 is 0 Å². The molecular weight excluding hydrogens is 132 g/mol. The van der Waals surface area contributed by atoms with Crippen molar-refractivity contribution in [3.63, 3.8) is 0 Å². The summed E-state index contributed by atoms with van der Waals surface area (Å²) in [5.41, 5.74) is 3.05. The van der Waals surface area contributed by atoms with Gasteiger partial charge in [0, 0.05) is 5.56 Å². The first-order valence-corrected chi connectivity index (χ1v) is 4.37. The summed E-state index contributed by atoms with van der Waals surface area (Å²) in [7, 11) is 0.